The summed E-state index contributed by atoms with van der Waals surface area (Å²) >= 11 is 0. The number of ether oxygens (including phenoxy) is 2. The first-order chi connectivity index (χ1) is 8.85. The van der Waals surface area contributed by atoms with Gasteiger partial charge in [0.2, 0.25) is 0 Å². The van der Waals surface area contributed by atoms with E-state index in [0.29, 0.717) is 12.7 Å². The van der Waals surface area contributed by atoms with E-state index in [1.165, 1.54) is 11.1 Å². The van der Waals surface area contributed by atoms with Crippen LogP contribution in [-0.4, -0.2) is 19.3 Å². The normalized spacial score (nSPS) is 20.4. The summed E-state index contributed by atoms with van der Waals surface area (Å²) in [5, 5.41) is 0. The second-order valence-corrected chi connectivity index (χ2v) is 6.00. The van der Waals surface area contributed by atoms with Crippen molar-refractivity contribution in [2.45, 2.75) is 53.6 Å². The second kappa shape index (κ2) is 6.95. The highest BCUT2D eigenvalue weighted by molar-refractivity contribution is 5.20. The molecule has 0 aromatic heterocycles. The average molecular weight is 264 g/mol. The Hall–Kier alpha value is -1.02. The summed E-state index contributed by atoms with van der Waals surface area (Å²) in [7, 11) is 0. The van der Waals surface area contributed by atoms with Gasteiger partial charge in [-0.2, -0.15) is 0 Å². The van der Waals surface area contributed by atoms with Crippen LogP contribution in [0.3, 0.4) is 0 Å². The monoisotopic (exact) mass is 264 g/mol. The summed E-state index contributed by atoms with van der Waals surface area (Å²) in [6.07, 6.45) is 6.68. The SMILES string of the molecule is C=C(C)C/C=C(/C)C(C)(C)/C=C(\CC)OCC1CO1. The first-order valence-electron chi connectivity index (χ1n) is 7.13. The van der Waals surface area contributed by atoms with Crippen molar-refractivity contribution in [3.05, 3.63) is 35.6 Å². The lowest BCUT2D eigenvalue weighted by Crippen LogP contribution is -2.12. The number of epoxide rings is 1. The van der Waals surface area contributed by atoms with Crippen LogP contribution in [0.15, 0.2) is 35.6 Å². The van der Waals surface area contributed by atoms with E-state index in [-0.39, 0.29) is 5.41 Å². The van der Waals surface area contributed by atoms with E-state index in [2.05, 4.69) is 53.3 Å². The number of hydrogen-bond donors (Lipinski definition) is 0. The number of hydrogen-bond acceptors (Lipinski definition) is 2. The molecule has 0 aromatic rings. The first kappa shape index (κ1) is 16.0. The lowest BCUT2D eigenvalue weighted by atomic mass is 9.83. The van der Waals surface area contributed by atoms with Crippen molar-refractivity contribution in [2.75, 3.05) is 13.2 Å². The average Bonchev–Trinajstić information content (AvgIpc) is 3.15. The maximum Gasteiger partial charge on any atom is 0.116 e. The molecule has 19 heavy (non-hydrogen) atoms. The van der Waals surface area contributed by atoms with Gasteiger partial charge in [-0.3, -0.25) is 0 Å². The molecule has 1 heterocycles. The van der Waals surface area contributed by atoms with Crippen LogP contribution in [0.2, 0.25) is 0 Å². The van der Waals surface area contributed by atoms with E-state index in [4.69, 9.17) is 9.47 Å². The minimum atomic E-state index is 0.0190. The molecule has 0 radical (unpaired) electrons. The maximum atomic E-state index is 5.82. The zero-order valence-electron chi connectivity index (χ0n) is 13.1. The Balaban J connectivity index is 2.65. The molecule has 0 aliphatic carbocycles. The smallest absolute Gasteiger partial charge is 0.116 e. The van der Waals surface area contributed by atoms with Gasteiger partial charge in [0.1, 0.15) is 12.7 Å². The molecule has 0 bridgehead atoms. The predicted octanol–water partition coefficient (Wildman–Crippen LogP) is 4.63. The lowest BCUT2D eigenvalue weighted by molar-refractivity contribution is 0.173. The highest BCUT2D eigenvalue weighted by Gasteiger charge is 2.24. The highest BCUT2D eigenvalue weighted by atomic mass is 16.6. The van der Waals surface area contributed by atoms with Crippen LogP contribution in [0.5, 0.6) is 0 Å². The molecule has 1 fully saturated rings. The molecule has 2 heteroatoms. The van der Waals surface area contributed by atoms with Crippen molar-refractivity contribution in [2.24, 2.45) is 5.41 Å². The van der Waals surface area contributed by atoms with Crippen LogP contribution in [0.4, 0.5) is 0 Å². The van der Waals surface area contributed by atoms with Crippen LogP contribution in [0.1, 0.15) is 47.5 Å². The molecule has 1 saturated heterocycles. The Morgan fingerprint density at radius 2 is 2.05 bits per heavy atom. The molecular weight excluding hydrogens is 236 g/mol. The summed E-state index contributed by atoms with van der Waals surface area (Å²) in [6.45, 7) is 16.3. The molecule has 0 saturated carbocycles. The van der Waals surface area contributed by atoms with Crippen molar-refractivity contribution >= 4 is 0 Å². The molecule has 1 unspecified atom stereocenters. The van der Waals surface area contributed by atoms with Crippen LogP contribution in [-0.2, 0) is 9.47 Å². The van der Waals surface area contributed by atoms with E-state index in [1.807, 2.05) is 0 Å². The van der Waals surface area contributed by atoms with Gasteiger partial charge in [0.05, 0.1) is 12.4 Å². The van der Waals surface area contributed by atoms with Gasteiger partial charge in [0.25, 0.3) is 0 Å². The molecule has 1 aliphatic heterocycles. The van der Waals surface area contributed by atoms with Gasteiger partial charge in [-0.15, -0.1) is 0 Å². The molecule has 1 aliphatic rings. The minimum absolute atomic E-state index is 0.0190. The summed E-state index contributed by atoms with van der Waals surface area (Å²) in [5.74, 6) is 1.06. The Bertz CT molecular complexity index is 371. The molecule has 108 valence electrons. The van der Waals surface area contributed by atoms with Gasteiger partial charge in [0, 0.05) is 11.8 Å². The van der Waals surface area contributed by atoms with E-state index in [9.17, 15) is 0 Å². The molecule has 0 aromatic carbocycles. The highest BCUT2D eigenvalue weighted by Crippen LogP contribution is 2.30. The van der Waals surface area contributed by atoms with Crippen LogP contribution in [0.25, 0.3) is 0 Å². The molecule has 0 amide bonds. The summed E-state index contributed by atoms with van der Waals surface area (Å²) < 4.78 is 11.0. The van der Waals surface area contributed by atoms with E-state index in [1.54, 1.807) is 0 Å². The largest absolute Gasteiger partial charge is 0.495 e. The third-order valence-corrected chi connectivity index (χ3v) is 3.50. The zero-order chi connectivity index (χ0) is 14.5. The van der Waals surface area contributed by atoms with E-state index < -0.39 is 0 Å². The molecule has 0 N–H and O–H groups in total. The Morgan fingerprint density at radius 3 is 2.53 bits per heavy atom. The fourth-order valence-electron chi connectivity index (χ4n) is 1.72. The number of rotatable bonds is 8. The summed E-state index contributed by atoms with van der Waals surface area (Å²) in [5.41, 5.74) is 2.57. The molecule has 1 atom stereocenters. The predicted molar refractivity (Wildman–Crippen MR) is 81.0 cm³/mol. The maximum absolute atomic E-state index is 5.82. The van der Waals surface area contributed by atoms with Crippen LogP contribution >= 0.6 is 0 Å². The minimum Gasteiger partial charge on any atom is -0.495 e. The van der Waals surface area contributed by atoms with E-state index in [0.717, 1.165) is 25.2 Å². The summed E-state index contributed by atoms with van der Waals surface area (Å²) in [4.78, 5) is 0. The quantitative estimate of drug-likeness (QED) is 0.362. The van der Waals surface area contributed by atoms with E-state index >= 15 is 0 Å². The Kier molecular flexibility index (Phi) is 5.86. The molecule has 0 spiro atoms. The van der Waals surface area contributed by atoms with Gasteiger partial charge in [-0.25, -0.2) is 0 Å². The third-order valence-electron chi connectivity index (χ3n) is 3.50. The first-order valence-corrected chi connectivity index (χ1v) is 7.13. The second-order valence-electron chi connectivity index (χ2n) is 6.00. The summed E-state index contributed by atoms with van der Waals surface area (Å²) in [6, 6.07) is 0. The molecule has 1 rings (SSSR count). The standard InChI is InChI=1S/C17H28O2/c1-7-15(18-11-16-12-19-16)10-17(5,6)14(4)9-8-13(2)3/h9-10,16H,2,7-8,11-12H2,1,3-6H3/b14-9-,15-10+. The Labute approximate surface area is 118 Å². The lowest BCUT2D eigenvalue weighted by Gasteiger charge is -2.24. The van der Waals surface area contributed by atoms with Gasteiger partial charge in [-0.1, -0.05) is 44.6 Å². The van der Waals surface area contributed by atoms with Crippen LogP contribution < -0.4 is 0 Å². The van der Waals surface area contributed by atoms with Gasteiger partial charge in [0.15, 0.2) is 0 Å². The van der Waals surface area contributed by atoms with Crippen molar-refractivity contribution in [1.29, 1.82) is 0 Å². The van der Waals surface area contributed by atoms with Gasteiger partial charge < -0.3 is 9.47 Å². The number of allylic oxidation sites excluding steroid dienone is 5. The third kappa shape index (κ3) is 6.11. The molecule has 2 nitrogen and oxygen atoms in total. The Morgan fingerprint density at radius 1 is 1.42 bits per heavy atom. The fourth-order valence-corrected chi connectivity index (χ4v) is 1.72. The van der Waals surface area contributed by atoms with Crippen molar-refractivity contribution in [3.63, 3.8) is 0 Å². The van der Waals surface area contributed by atoms with Gasteiger partial charge in [-0.05, 0) is 26.3 Å². The van der Waals surface area contributed by atoms with Crippen molar-refractivity contribution in [3.8, 4) is 0 Å². The fraction of sp³-hybridized carbons (Fsp3) is 0.647. The van der Waals surface area contributed by atoms with Crippen molar-refractivity contribution in [1.82, 2.24) is 0 Å². The zero-order valence-corrected chi connectivity index (χ0v) is 13.1. The van der Waals surface area contributed by atoms with Crippen molar-refractivity contribution < 1.29 is 9.47 Å². The van der Waals surface area contributed by atoms with Crippen LogP contribution in [0, 0.1) is 5.41 Å². The topological polar surface area (TPSA) is 21.8 Å². The molecular formula is C17H28O2. The van der Waals surface area contributed by atoms with Gasteiger partial charge >= 0.3 is 0 Å².